The Hall–Kier alpha value is -2.03. The summed E-state index contributed by atoms with van der Waals surface area (Å²) in [5, 5.41) is 2.67. The van der Waals surface area contributed by atoms with Crippen molar-refractivity contribution in [2.75, 3.05) is 11.9 Å². The second kappa shape index (κ2) is 8.77. The highest BCUT2D eigenvalue weighted by Crippen LogP contribution is 2.33. The Morgan fingerprint density at radius 2 is 2.00 bits per heavy atom. The van der Waals surface area contributed by atoms with Gasteiger partial charge in [-0.25, -0.2) is 4.39 Å². The lowest BCUT2D eigenvalue weighted by atomic mass is 10.2. The highest BCUT2D eigenvalue weighted by Gasteiger charge is 2.32. The molecule has 4 nitrogen and oxygen atoms in total. The van der Waals surface area contributed by atoms with Crippen LogP contribution < -0.4 is 5.32 Å². The monoisotopic (exact) mass is 464 g/mol. The normalized spacial score (nSPS) is 15.5. The van der Waals surface area contributed by atoms with E-state index in [2.05, 4.69) is 21.2 Å². The maximum Gasteiger partial charge on any atom is 0.266 e. The lowest BCUT2D eigenvalue weighted by Gasteiger charge is -2.14. The van der Waals surface area contributed by atoms with E-state index in [1.807, 2.05) is 24.3 Å². The van der Waals surface area contributed by atoms with E-state index in [1.165, 1.54) is 40.9 Å². The number of benzene rings is 2. The molecule has 0 unspecified atom stereocenters. The molecule has 0 spiro atoms. The number of thioether (sulfide) groups is 1. The van der Waals surface area contributed by atoms with Gasteiger partial charge in [0.2, 0.25) is 5.91 Å². The van der Waals surface area contributed by atoms with Gasteiger partial charge in [0.25, 0.3) is 5.91 Å². The molecule has 2 amide bonds. The minimum absolute atomic E-state index is 0.0913. The first-order valence-corrected chi connectivity index (χ1v) is 10.0. The summed E-state index contributed by atoms with van der Waals surface area (Å²) in [6.07, 6.45) is 1.87. The summed E-state index contributed by atoms with van der Waals surface area (Å²) in [7, 11) is 0. The molecule has 1 fully saturated rings. The molecule has 1 saturated heterocycles. The maximum atomic E-state index is 12.9. The van der Waals surface area contributed by atoms with Gasteiger partial charge in [0.15, 0.2) is 0 Å². The third-order valence-electron chi connectivity index (χ3n) is 3.71. The number of anilines is 1. The summed E-state index contributed by atoms with van der Waals surface area (Å²) >= 11 is 9.90. The maximum absolute atomic E-state index is 12.9. The fraction of sp³-hybridized carbons (Fsp3) is 0.105. The Bertz CT molecular complexity index is 932. The molecule has 8 heteroatoms. The van der Waals surface area contributed by atoms with Crippen molar-refractivity contribution in [1.29, 1.82) is 0 Å². The zero-order valence-electron chi connectivity index (χ0n) is 13.9. The van der Waals surface area contributed by atoms with E-state index in [1.54, 1.807) is 6.08 Å². The van der Waals surface area contributed by atoms with Crippen molar-refractivity contribution in [3.8, 4) is 0 Å². The van der Waals surface area contributed by atoms with Gasteiger partial charge in [0.05, 0.1) is 4.91 Å². The Morgan fingerprint density at radius 1 is 1.26 bits per heavy atom. The average molecular weight is 465 g/mol. The Balaban J connectivity index is 1.60. The first-order valence-electron chi connectivity index (χ1n) is 7.99. The first-order chi connectivity index (χ1) is 12.9. The Labute approximate surface area is 173 Å². The molecule has 0 aliphatic carbocycles. The van der Waals surface area contributed by atoms with E-state index < -0.39 is 0 Å². The largest absolute Gasteiger partial charge is 0.326 e. The van der Waals surface area contributed by atoms with Crippen molar-refractivity contribution in [2.24, 2.45) is 0 Å². The van der Waals surface area contributed by atoms with Gasteiger partial charge in [-0.15, -0.1) is 0 Å². The van der Waals surface area contributed by atoms with Crippen molar-refractivity contribution >= 4 is 67.8 Å². The summed E-state index contributed by atoms with van der Waals surface area (Å²) in [6, 6.07) is 13.1. The predicted molar refractivity (Wildman–Crippen MR) is 114 cm³/mol. The van der Waals surface area contributed by atoms with Gasteiger partial charge in [-0.2, -0.15) is 0 Å². The Morgan fingerprint density at radius 3 is 2.70 bits per heavy atom. The molecule has 2 aromatic rings. The molecule has 0 radical (unpaired) electrons. The standard InChI is InChI=1S/C19H14BrFN2O2S2/c20-13-3-1-2-12(10-13)11-16-18(25)23(19(26)27-16)9-8-17(24)22-15-6-4-14(21)5-7-15/h1-7,10-11H,8-9H2,(H,22,24). The molecular formula is C19H14BrFN2O2S2. The highest BCUT2D eigenvalue weighted by atomic mass is 79.9. The van der Waals surface area contributed by atoms with Crippen molar-refractivity contribution in [2.45, 2.75) is 6.42 Å². The molecular weight excluding hydrogens is 451 g/mol. The van der Waals surface area contributed by atoms with Crippen LogP contribution in [0.1, 0.15) is 12.0 Å². The van der Waals surface area contributed by atoms with Crippen molar-refractivity contribution < 1.29 is 14.0 Å². The third kappa shape index (κ3) is 5.24. The Kier molecular flexibility index (Phi) is 6.41. The van der Waals surface area contributed by atoms with Crippen molar-refractivity contribution in [3.63, 3.8) is 0 Å². The minimum atomic E-state index is -0.372. The number of hydrogen-bond donors (Lipinski definition) is 1. The van der Waals surface area contributed by atoms with Crippen LogP contribution in [0.4, 0.5) is 10.1 Å². The number of rotatable bonds is 5. The quantitative estimate of drug-likeness (QED) is 0.508. The van der Waals surface area contributed by atoms with E-state index in [-0.39, 0.29) is 30.6 Å². The molecule has 0 bridgehead atoms. The van der Waals surface area contributed by atoms with Crippen molar-refractivity contribution in [1.82, 2.24) is 4.90 Å². The average Bonchev–Trinajstić information content (AvgIpc) is 2.88. The summed E-state index contributed by atoms with van der Waals surface area (Å²) in [6.45, 7) is 0.188. The summed E-state index contributed by atoms with van der Waals surface area (Å²) < 4.78 is 14.2. The van der Waals surface area contributed by atoms with Crippen LogP contribution in [-0.2, 0) is 9.59 Å². The number of thiocarbonyl (C=S) groups is 1. The lowest BCUT2D eigenvalue weighted by molar-refractivity contribution is -0.122. The van der Waals surface area contributed by atoms with E-state index in [9.17, 15) is 14.0 Å². The van der Waals surface area contributed by atoms with Gasteiger partial charge in [0.1, 0.15) is 10.1 Å². The zero-order chi connectivity index (χ0) is 19.4. The molecule has 2 aromatic carbocycles. The molecule has 0 saturated carbocycles. The van der Waals surface area contributed by atoms with Crippen LogP contribution in [0.25, 0.3) is 6.08 Å². The molecule has 27 heavy (non-hydrogen) atoms. The smallest absolute Gasteiger partial charge is 0.266 e. The highest BCUT2D eigenvalue weighted by molar-refractivity contribution is 9.10. The van der Waals surface area contributed by atoms with Crippen molar-refractivity contribution in [3.05, 3.63) is 69.3 Å². The van der Waals surface area contributed by atoms with Crippen LogP contribution in [0.5, 0.6) is 0 Å². The summed E-state index contributed by atoms with van der Waals surface area (Å²) in [4.78, 5) is 26.6. The first kappa shape index (κ1) is 19.7. The zero-order valence-corrected chi connectivity index (χ0v) is 17.2. The van der Waals surface area contributed by atoms with Gasteiger partial charge in [-0.1, -0.05) is 52.0 Å². The number of nitrogens with one attached hydrogen (secondary N) is 1. The molecule has 0 atom stereocenters. The fourth-order valence-corrected chi connectivity index (χ4v) is 4.14. The number of nitrogens with zero attached hydrogens (tertiary/aromatic N) is 1. The lowest BCUT2D eigenvalue weighted by Crippen LogP contribution is -2.31. The summed E-state index contributed by atoms with van der Waals surface area (Å²) in [5.74, 6) is -0.853. The molecule has 138 valence electrons. The predicted octanol–water partition coefficient (Wildman–Crippen LogP) is 4.82. The van der Waals surface area contributed by atoms with Gasteiger partial charge in [0, 0.05) is 23.1 Å². The van der Waals surface area contributed by atoms with Crippen LogP contribution in [0.15, 0.2) is 57.9 Å². The number of carbonyl (C=O) groups is 2. The second-order valence-corrected chi connectivity index (χ2v) is 8.28. The van der Waals surface area contributed by atoms with Crippen LogP contribution in [0.3, 0.4) is 0 Å². The minimum Gasteiger partial charge on any atom is -0.326 e. The fourth-order valence-electron chi connectivity index (χ4n) is 2.41. The van der Waals surface area contributed by atoms with E-state index in [0.29, 0.717) is 14.9 Å². The van der Waals surface area contributed by atoms with Gasteiger partial charge < -0.3 is 5.32 Å². The molecule has 3 rings (SSSR count). The number of hydrogen-bond acceptors (Lipinski definition) is 4. The van der Waals surface area contributed by atoms with Crippen LogP contribution in [0, 0.1) is 5.82 Å². The van der Waals surface area contributed by atoms with Crippen LogP contribution >= 0.6 is 39.9 Å². The molecule has 0 aromatic heterocycles. The number of carbonyl (C=O) groups excluding carboxylic acids is 2. The number of halogens is 2. The number of amides is 2. The van der Waals surface area contributed by atoms with E-state index in [4.69, 9.17) is 12.2 Å². The second-order valence-electron chi connectivity index (χ2n) is 5.69. The molecule has 1 aliphatic rings. The van der Waals surface area contributed by atoms with Crippen LogP contribution in [-0.4, -0.2) is 27.6 Å². The SMILES string of the molecule is O=C(CCN1C(=O)C(=Cc2cccc(Br)c2)SC1=S)Nc1ccc(F)cc1. The third-order valence-corrected chi connectivity index (χ3v) is 5.58. The summed E-state index contributed by atoms with van der Waals surface area (Å²) in [5.41, 5.74) is 1.39. The van der Waals surface area contributed by atoms with Crippen LogP contribution in [0.2, 0.25) is 0 Å². The van der Waals surface area contributed by atoms with Gasteiger partial charge >= 0.3 is 0 Å². The molecule has 1 aliphatic heterocycles. The molecule has 1 heterocycles. The van der Waals surface area contributed by atoms with Gasteiger partial charge in [-0.3, -0.25) is 14.5 Å². The van der Waals surface area contributed by atoms with E-state index in [0.717, 1.165) is 10.0 Å². The van der Waals surface area contributed by atoms with E-state index >= 15 is 0 Å². The topological polar surface area (TPSA) is 49.4 Å². The van der Waals surface area contributed by atoms with Gasteiger partial charge in [-0.05, 0) is 48.0 Å². The molecule has 1 N–H and O–H groups in total.